The molecule has 2 aromatic heterocycles. The molecule has 7 heteroatoms. The van der Waals surface area contributed by atoms with Crippen LogP contribution < -0.4 is 10.3 Å². The van der Waals surface area contributed by atoms with Gasteiger partial charge in [-0.1, -0.05) is 12.1 Å². The highest BCUT2D eigenvalue weighted by molar-refractivity contribution is 7.19. The van der Waals surface area contributed by atoms with Gasteiger partial charge < -0.3 is 9.47 Å². The van der Waals surface area contributed by atoms with E-state index in [1.54, 1.807) is 13.8 Å². The molecule has 1 unspecified atom stereocenters. The maximum Gasteiger partial charge on any atom is 0.328 e. The Bertz CT molecular complexity index is 1020. The largest absolute Gasteiger partial charge is 0.494 e. The molecule has 0 fully saturated rings. The van der Waals surface area contributed by atoms with E-state index in [1.165, 1.54) is 22.2 Å². The normalized spacial score (nSPS) is 12.1. The second-order valence-electron chi connectivity index (χ2n) is 6.06. The Morgan fingerprint density at radius 1 is 1.22 bits per heavy atom. The zero-order valence-corrected chi connectivity index (χ0v) is 16.6. The summed E-state index contributed by atoms with van der Waals surface area (Å²) >= 11 is 1.47. The summed E-state index contributed by atoms with van der Waals surface area (Å²) in [7, 11) is 0. The number of benzene rings is 1. The number of aromatic nitrogens is 2. The minimum Gasteiger partial charge on any atom is -0.494 e. The van der Waals surface area contributed by atoms with Crippen LogP contribution in [0.2, 0.25) is 0 Å². The van der Waals surface area contributed by atoms with Crippen molar-refractivity contribution in [3.8, 4) is 16.9 Å². The molecule has 0 N–H and O–H groups in total. The predicted octanol–water partition coefficient (Wildman–Crippen LogP) is 3.96. The molecule has 0 aliphatic heterocycles. The topological polar surface area (TPSA) is 70.4 Å². The fourth-order valence-electron chi connectivity index (χ4n) is 3.00. The van der Waals surface area contributed by atoms with Gasteiger partial charge in [0, 0.05) is 10.4 Å². The van der Waals surface area contributed by atoms with Gasteiger partial charge in [-0.2, -0.15) is 0 Å². The van der Waals surface area contributed by atoms with Crippen molar-refractivity contribution in [3.63, 3.8) is 0 Å². The first-order valence-electron chi connectivity index (χ1n) is 8.88. The third-order valence-electron chi connectivity index (χ3n) is 4.31. The third kappa shape index (κ3) is 3.60. The van der Waals surface area contributed by atoms with E-state index in [0.717, 1.165) is 21.8 Å². The lowest BCUT2D eigenvalue weighted by atomic mass is 10.0. The number of fused-ring (bicyclic) bond motifs is 1. The van der Waals surface area contributed by atoms with E-state index in [0.29, 0.717) is 16.8 Å². The van der Waals surface area contributed by atoms with Crippen LogP contribution in [0.1, 0.15) is 31.7 Å². The number of carbonyl (C=O) groups is 1. The van der Waals surface area contributed by atoms with E-state index in [2.05, 4.69) is 4.98 Å². The van der Waals surface area contributed by atoms with E-state index in [9.17, 15) is 9.59 Å². The summed E-state index contributed by atoms with van der Waals surface area (Å²) < 4.78 is 11.9. The molecule has 0 saturated carbocycles. The predicted molar refractivity (Wildman–Crippen MR) is 107 cm³/mol. The van der Waals surface area contributed by atoms with E-state index in [4.69, 9.17) is 9.47 Å². The number of ether oxygens (including phenoxy) is 2. The molecule has 27 heavy (non-hydrogen) atoms. The molecule has 3 rings (SSSR count). The van der Waals surface area contributed by atoms with Crippen LogP contribution in [-0.4, -0.2) is 28.7 Å². The number of esters is 1. The molecule has 3 aromatic rings. The maximum atomic E-state index is 13.2. The number of rotatable bonds is 6. The molecular weight excluding hydrogens is 364 g/mol. The average molecular weight is 386 g/mol. The molecule has 0 amide bonds. The van der Waals surface area contributed by atoms with Gasteiger partial charge in [0.25, 0.3) is 5.56 Å². The minimum absolute atomic E-state index is 0.242. The molecule has 0 saturated heterocycles. The third-order valence-corrected chi connectivity index (χ3v) is 5.33. The van der Waals surface area contributed by atoms with Crippen molar-refractivity contribution in [3.05, 3.63) is 45.8 Å². The van der Waals surface area contributed by atoms with Crippen molar-refractivity contribution in [2.45, 2.75) is 33.7 Å². The first-order chi connectivity index (χ1) is 13.0. The van der Waals surface area contributed by atoms with Gasteiger partial charge in [-0.15, -0.1) is 11.3 Å². The van der Waals surface area contributed by atoms with Crippen molar-refractivity contribution in [2.24, 2.45) is 0 Å². The summed E-state index contributed by atoms with van der Waals surface area (Å²) in [4.78, 5) is 31.3. The Morgan fingerprint density at radius 3 is 2.56 bits per heavy atom. The van der Waals surface area contributed by atoms with Gasteiger partial charge in [0.05, 0.1) is 24.9 Å². The van der Waals surface area contributed by atoms with E-state index in [1.807, 2.05) is 38.1 Å². The molecule has 142 valence electrons. The Hall–Kier alpha value is -2.67. The van der Waals surface area contributed by atoms with Crippen LogP contribution >= 0.6 is 11.3 Å². The zero-order valence-electron chi connectivity index (χ0n) is 15.8. The standard InChI is InChI=1S/C20H22N2O4S/c1-5-25-15-9-7-14(8-10-15)16-13(4)27-18-17(16)19(23)22(11-21-18)12(3)20(24)26-6-2/h7-12H,5-6H2,1-4H3. The molecule has 1 atom stereocenters. The Balaban J connectivity index is 2.13. The molecule has 0 aliphatic carbocycles. The maximum absolute atomic E-state index is 13.2. The number of carbonyl (C=O) groups excluding carboxylic acids is 1. The van der Waals surface area contributed by atoms with Crippen molar-refractivity contribution in [2.75, 3.05) is 13.2 Å². The highest BCUT2D eigenvalue weighted by Crippen LogP contribution is 2.36. The Morgan fingerprint density at radius 2 is 1.93 bits per heavy atom. The Kier molecular flexibility index (Phi) is 5.60. The van der Waals surface area contributed by atoms with Crippen LogP contribution in [0.3, 0.4) is 0 Å². The molecule has 1 aromatic carbocycles. The fraction of sp³-hybridized carbons (Fsp3) is 0.350. The van der Waals surface area contributed by atoms with Crippen molar-refractivity contribution < 1.29 is 14.3 Å². The summed E-state index contributed by atoms with van der Waals surface area (Å²) in [5.41, 5.74) is 1.53. The van der Waals surface area contributed by atoms with Gasteiger partial charge in [0.2, 0.25) is 0 Å². The number of hydrogen-bond acceptors (Lipinski definition) is 6. The fourth-order valence-corrected chi connectivity index (χ4v) is 4.00. The molecule has 6 nitrogen and oxygen atoms in total. The number of nitrogens with zero attached hydrogens (tertiary/aromatic N) is 2. The highest BCUT2D eigenvalue weighted by Gasteiger charge is 2.22. The monoisotopic (exact) mass is 386 g/mol. The van der Waals surface area contributed by atoms with Gasteiger partial charge in [-0.05, 0) is 45.4 Å². The smallest absolute Gasteiger partial charge is 0.328 e. The molecule has 0 bridgehead atoms. The summed E-state index contributed by atoms with van der Waals surface area (Å²) in [5.74, 6) is 0.334. The summed E-state index contributed by atoms with van der Waals surface area (Å²) in [5, 5.41) is 0.528. The van der Waals surface area contributed by atoms with Crippen LogP contribution in [0.4, 0.5) is 0 Å². The van der Waals surface area contributed by atoms with E-state index >= 15 is 0 Å². The van der Waals surface area contributed by atoms with Gasteiger partial charge in [-0.3, -0.25) is 9.36 Å². The molecule has 0 aliphatic rings. The van der Waals surface area contributed by atoms with Gasteiger partial charge in [-0.25, -0.2) is 9.78 Å². The summed E-state index contributed by atoms with van der Waals surface area (Å²) in [6.45, 7) is 8.15. The first kappa shape index (κ1) is 19.1. The van der Waals surface area contributed by atoms with E-state index in [-0.39, 0.29) is 12.2 Å². The zero-order chi connectivity index (χ0) is 19.6. The molecule has 0 radical (unpaired) electrons. The second-order valence-corrected chi connectivity index (χ2v) is 7.26. The second kappa shape index (κ2) is 7.92. The number of hydrogen-bond donors (Lipinski definition) is 0. The number of aryl methyl sites for hydroxylation is 1. The van der Waals surface area contributed by atoms with Crippen molar-refractivity contribution in [1.29, 1.82) is 0 Å². The average Bonchev–Trinajstić information content (AvgIpc) is 2.99. The summed E-state index contributed by atoms with van der Waals surface area (Å²) in [6, 6.07) is 6.91. The van der Waals surface area contributed by atoms with Crippen LogP contribution in [0, 0.1) is 6.92 Å². The lowest BCUT2D eigenvalue weighted by Crippen LogP contribution is -2.29. The lowest BCUT2D eigenvalue weighted by molar-refractivity contribution is -0.146. The van der Waals surface area contributed by atoms with Gasteiger partial charge in [0.1, 0.15) is 16.6 Å². The van der Waals surface area contributed by atoms with Crippen LogP contribution in [-0.2, 0) is 9.53 Å². The molecule has 0 spiro atoms. The molecule has 2 heterocycles. The number of thiophene rings is 1. The van der Waals surface area contributed by atoms with Crippen LogP contribution in [0.25, 0.3) is 21.3 Å². The molecular formula is C20H22N2O4S. The van der Waals surface area contributed by atoms with Gasteiger partial charge in [0.15, 0.2) is 0 Å². The Labute approximate surface area is 161 Å². The first-order valence-corrected chi connectivity index (χ1v) is 9.69. The van der Waals surface area contributed by atoms with Crippen molar-refractivity contribution in [1.82, 2.24) is 9.55 Å². The van der Waals surface area contributed by atoms with Crippen LogP contribution in [0.5, 0.6) is 5.75 Å². The van der Waals surface area contributed by atoms with E-state index < -0.39 is 12.0 Å². The highest BCUT2D eigenvalue weighted by atomic mass is 32.1. The SMILES string of the molecule is CCOC(=O)C(C)n1cnc2sc(C)c(-c3ccc(OCC)cc3)c2c1=O. The van der Waals surface area contributed by atoms with Crippen LogP contribution in [0.15, 0.2) is 35.4 Å². The summed E-state index contributed by atoms with van der Waals surface area (Å²) in [6.07, 6.45) is 1.42. The van der Waals surface area contributed by atoms with Crippen molar-refractivity contribution >= 4 is 27.5 Å². The van der Waals surface area contributed by atoms with Gasteiger partial charge >= 0.3 is 5.97 Å². The minimum atomic E-state index is -0.734. The quantitative estimate of drug-likeness (QED) is 0.600. The lowest BCUT2D eigenvalue weighted by Gasteiger charge is -2.13.